The molecule has 98 valence electrons. The lowest BCUT2D eigenvalue weighted by atomic mass is 10.0. The number of halogens is 1. The maximum absolute atomic E-state index is 12.5. The van der Waals surface area contributed by atoms with E-state index in [0.29, 0.717) is 6.04 Å². The smallest absolute Gasteiger partial charge is 0.254 e. The number of amides is 1. The van der Waals surface area contributed by atoms with Gasteiger partial charge in [-0.05, 0) is 79.7 Å². The molecule has 0 aliphatic carbocycles. The molecule has 0 saturated carbocycles. The molecule has 1 aliphatic rings. The Morgan fingerprint density at radius 3 is 2.50 bits per heavy atom. The molecule has 4 heteroatoms. The summed E-state index contributed by atoms with van der Waals surface area (Å²) in [6.45, 7) is 4.88. The number of hydrogen-bond donors (Lipinski definition) is 1. The molecule has 2 rings (SSSR count). The van der Waals surface area contributed by atoms with E-state index in [4.69, 9.17) is 0 Å². The number of rotatable bonds is 3. The van der Waals surface area contributed by atoms with Crippen LogP contribution in [0.15, 0.2) is 24.3 Å². The number of nitrogens with one attached hydrogen (secondary N) is 1. The van der Waals surface area contributed by atoms with Crippen molar-refractivity contribution in [2.45, 2.75) is 25.8 Å². The summed E-state index contributed by atoms with van der Waals surface area (Å²) in [6.07, 6.45) is 2.12. The largest absolute Gasteiger partial charge is 0.336 e. The van der Waals surface area contributed by atoms with Crippen molar-refractivity contribution in [1.29, 1.82) is 0 Å². The highest BCUT2D eigenvalue weighted by Gasteiger charge is 2.24. The molecule has 3 nitrogen and oxygen atoms in total. The Labute approximate surface area is 122 Å². The van der Waals surface area contributed by atoms with Crippen LogP contribution in [0, 0.1) is 3.57 Å². The topological polar surface area (TPSA) is 32.3 Å². The number of hydrogen-bond acceptors (Lipinski definition) is 2. The fourth-order valence-corrected chi connectivity index (χ4v) is 2.80. The molecule has 0 bridgehead atoms. The zero-order valence-electron chi connectivity index (χ0n) is 10.7. The highest BCUT2D eigenvalue weighted by atomic mass is 127. The van der Waals surface area contributed by atoms with Gasteiger partial charge >= 0.3 is 0 Å². The van der Waals surface area contributed by atoms with Crippen molar-refractivity contribution in [2.75, 3.05) is 19.6 Å². The van der Waals surface area contributed by atoms with Gasteiger partial charge in [-0.3, -0.25) is 4.79 Å². The van der Waals surface area contributed by atoms with E-state index in [1.54, 1.807) is 0 Å². The summed E-state index contributed by atoms with van der Waals surface area (Å²) in [5.74, 6) is 0.167. The molecule has 0 atom stereocenters. The van der Waals surface area contributed by atoms with Crippen molar-refractivity contribution in [1.82, 2.24) is 10.2 Å². The van der Waals surface area contributed by atoms with Crippen LogP contribution in [0.4, 0.5) is 0 Å². The summed E-state index contributed by atoms with van der Waals surface area (Å²) in [5, 5.41) is 3.34. The van der Waals surface area contributed by atoms with Gasteiger partial charge in [0, 0.05) is 21.7 Å². The summed E-state index contributed by atoms with van der Waals surface area (Å²) >= 11 is 2.26. The van der Waals surface area contributed by atoms with E-state index in [2.05, 4.69) is 34.8 Å². The Hall–Kier alpha value is -0.620. The number of benzene rings is 1. The SMILES string of the molecule is CCN(C(=O)c1ccc(I)cc1)C1CCNCC1. The minimum atomic E-state index is 0.167. The van der Waals surface area contributed by atoms with Gasteiger partial charge in [-0.1, -0.05) is 0 Å². The van der Waals surface area contributed by atoms with Crippen LogP contribution < -0.4 is 5.32 Å². The molecule has 0 unspecified atom stereocenters. The molecule has 0 spiro atoms. The molecule has 1 aromatic rings. The van der Waals surface area contributed by atoms with Gasteiger partial charge in [0.05, 0.1) is 0 Å². The molecule has 1 aromatic carbocycles. The lowest BCUT2D eigenvalue weighted by Gasteiger charge is -2.34. The van der Waals surface area contributed by atoms with E-state index in [-0.39, 0.29) is 5.91 Å². The third-order valence-electron chi connectivity index (χ3n) is 3.44. The average Bonchev–Trinajstić information content (AvgIpc) is 2.41. The van der Waals surface area contributed by atoms with E-state index < -0.39 is 0 Å². The predicted molar refractivity (Wildman–Crippen MR) is 81.8 cm³/mol. The first-order valence-corrected chi connectivity index (χ1v) is 7.57. The second-order valence-corrected chi connectivity index (χ2v) is 5.82. The van der Waals surface area contributed by atoms with Crippen molar-refractivity contribution >= 4 is 28.5 Å². The summed E-state index contributed by atoms with van der Waals surface area (Å²) in [6, 6.07) is 8.22. The van der Waals surface area contributed by atoms with E-state index in [1.807, 2.05) is 29.2 Å². The predicted octanol–water partition coefficient (Wildman–Crippen LogP) is 2.51. The molecule has 1 N–H and O–H groups in total. The minimum Gasteiger partial charge on any atom is -0.336 e. The highest BCUT2D eigenvalue weighted by molar-refractivity contribution is 14.1. The van der Waals surface area contributed by atoms with E-state index >= 15 is 0 Å². The molecule has 1 heterocycles. The fourth-order valence-electron chi connectivity index (χ4n) is 2.44. The Bertz CT molecular complexity index is 399. The van der Waals surface area contributed by atoms with Crippen LogP contribution in [0.25, 0.3) is 0 Å². The van der Waals surface area contributed by atoms with Gasteiger partial charge in [0.2, 0.25) is 0 Å². The fraction of sp³-hybridized carbons (Fsp3) is 0.500. The third-order valence-corrected chi connectivity index (χ3v) is 4.16. The molecule has 1 amide bonds. The maximum Gasteiger partial charge on any atom is 0.254 e. The van der Waals surface area contributed by atoms with Crippen LogP contribution in [0.2, 0.25) is 0 Å². The van der Waals surface area contributed by atoms with Gasteiger partial charge in [-0.15, -0.1) is 0 Å². The molecular weight excluding hydrogens is 339 g/mol. The van der Waals surface area contributed by atoms with Crippen LogP contribution in [-0.2, 0) is 0 Å². The first-order valence-electron chi connectivity index (χ1n) is 6.49. The summed E-state index contributed by atoms with van der Waals surface area (Å²) in [7, 11) is 0. The van der Waals surface area contributed by atoms with E-state index in [1.165, 1.54) is 0 Å². The van der Waals surface area contributed by atoms with Crippen LogP contribution >= 0.6 is 22.6 Å². The standard InChI is InChI=1S/C14H19IN2O/c1-2-17(13-7-9-16-10-8-13)14(18)11-3-5-12(15)6-4-11/h3-6,13,16H,2,7-10H2,1H3. The van der Waals surface area contributed by atoms with Gasteiger partial charge < -0.3 is 10.2 Å². The Kier molecular flexibility index (Phi) is 5.00. The quantitative estimate of drug-likeness (QED) is 0.843. The molecule has 0 aromatic heterocycles. The molecule has 1 fully saturated rings. The minimum absolute atomic E-state index is 0.167. The summed E-state index contributed by atoms with van der Waals surface area (Å²) in [5.41, 5.74) is 0.802. The Morgan fingerprint density at radius 1 is 1.33 bits per heavy atom. The number of carbonyl (C=O) groups excluding carboxylic acids is 1. The summed E-state index contributed by atoms with van der Waals surface area (Å²) in [4.78, 5) is 14.5. The first kappa shape index (κ1) is 13.8. The maximum atomic E-state index is 12.5. The van der Waals surface area contributed by atoms with Crippen molar-refractivity contribution in [3.8, 4) is 0 Å². The lowest BCUT2D eigenvalue weighted by Crippen LogP contribution is -2.46. The zero-order chi connectivity index (χ0) is 13.0. The van der Waals surface area contributed by atoms with Crippen LogP contribution in [0.3, 0.4) is 0 Å². The van der Waals surface area contributed by atoms with Gasteiger partial charge in [-0.25, -0.2) is 0 Å². The van der Waals surface area contributed by atoms with Gasteiger partial charge in [-0.2, -0.15) is 0 Å². The average molecular weight is 358 g/mol. The van der Waals surface area contributed by atoms with Crippen molar-refractivity contribution in [2.24, 2.45) is 0 Å². The molecule has 0 radical (unpaired) electrons. The Balaban J connectivity index is 2.11. The zero-order valence-corrected chi connectivity index (χ0v) is 12.8. The lowest BCUT2D eigenvalue weighted by molar-refractivity contribution is 0.0656. The second-order valence-electron chi connectivity index (χ2n) is 4.58. The van der Waals surface area contributed by atoms with E-state index in [9.17, 15) is 4.79 Å². The van der Waals surface area contributed by atoms with E-state index in [0.717, 1.165) is 41.6 Å². The molecule has 1 saturated heterocycles. The molecular formula is C14H19IN2O. The van der Waals surface area contributed by atoms with Gasteiger partial charge in [0.25, 0.3) is 5.91 Å². The normalized spacial score (nSPS) is 16.6. The third kappa shape index (κ3) is 3.23. The van der Waals surface area contributed by atoms with Crippen molar-refractivity contribution < 1.29 is 4.79 Å². The second kappa shape index (κ2) is 6.52. The van der Waals surface area contributed by atoms with Crippen molar-refractivity contribution in [3.63, 3.8) is 0 Å². The van der Waals surface area contributed by atoms with Crippen LogP contribution in [0.1, 0.15) is 30.1 Å². The van der Waals surface area contributed by atoms with Gasteiger partial charge in [0.1, 0.15) is 0 Å². The molecule has 18 heavy (non-hydrogen) atoms. The summed E-state index contributed by atoms with van der Waals surface area (Å²) < 4.78 is 1.16. The monoisotopic (exact) mass is 358 g/mol. The van der Waals surface area contributed by atoms with Crippen LogP contribution in [0.5, 0.6) is 0 Å². The molecule has 1 aliphatic heterocycles. The first-order chi connectivity index (χ1) is 8.72. The van der Waals surface area contributed by atoms with Crippen molar-refractivity contribution in [3.05, 3.63) is 33.4 Å². The number of carbonyl (C=O) groups is 1. The van der Waals surface area contributed by atoms with Crippen LogP contribution in [-0.4, -0.2) is 36.5 Å². The van der Waals surface area contributed by atoms with Gasteiger partial charge in [0.15, 0.2) is 0 Å². The highest BCUT2D eigenvalue weighted by Crippen LogP contribution is 2.16. The number of piperidine rings is 1. The number of nitrogens with zero attached hydrogens (tertiary/aromatic N) is 1. The Morgan fingerprint density at radius 2 is 1.94 bits per heavy atom.